The van der Waals surface area contributed by atoms with E-state index in [1.54, 1.807) is 0 Å². The first-order valence-electron chi connectivity index (χ1n) is 4.97. The van der Waals surface area contributed by atoms with E-state index in [9.17, 15) is 0 Å². The number of halogens is 1. The SMILES string of the molecule is C[Si](C)(C)C1C=Cc2cccc(Br)c21. The lowest BCUT2D eigenvalue weighted by Gasteiger charge is -2.25. The number of benzene rings is 1. The Labute approximate surface area is 95.2 Å². The first-order chi connectivity index (χ1) is 6.50. The lowest BCUT2D eigenvalue weighted by molar-refractivity contribution is 1.15. The molecule has 0 aliphatic heterocycles. The molecule has 1 aromatic rings. The first-order valence-corrected chi connectivity index (χ1v) is 9.34. The van der Waals surface area contributed by atoms with Crippen molar-refractivity contribution in [2.24, 2.45) is 0 Å². The molecule has 1 unspecified atom stereocenters. The maximum absolute atomic E-state index is 3.66. The van der Waals surface area contributed by atoms with Crippen LogP contribution in [-0.2, 0) is 0 Å². The highest BCUT2D eigenvalue weighted by atomic mass is 79.9. The fourth-order valence-corrected chi connectivity index (χ4v) is 4.75. The molecule has 2 heteroatoms. The molecule has 0 saturated carbocycles. The molecule has 0 aromatic heterocycles. The van der Waals surface area contributed by atoms with Crippen molar-refractivity contribution in [3.05, 3.63) is 39.9 Å². The Hall–Kier alpha value is -0.343. The molecule has 0 nitrogen and oxygen atoms in total. The van der Waals surface area contributed by atoms with Crippen LogP contribution in [0.25, 0.3) is 6.08 Å². The summed E-state index contributed by atoms with van der Waals surface area (Å²) in [7, 11) is -1.12. The highest BCUT2D eigenvalue weighted by molar-refractivity contribution is 9.10. The lowest BCUT2D eigenvalue weighted by atomic mass is 10.1. The number of allylic oxidation sites excluding steroid dienone is 1. The molecule has 74 valence electrons. The van der Waals surface area contributed by atoms with Crippen LogP contribution in [0, 0.1) is 0 Å². The Kier molecular flexibility index (Phi) is 2.44. The quantitative estimate of drug-likeness (QED) is 0.660. The van der Waals surface area contributed by atoms with E-state index in [0.29, 0.717) is 5.54 Å². The molecule has 1 atom stereocenters. The third-order valence-corrected chi connectivity index (χ3v) is 5.84. The number of fused-ring (bicyclic) bond motifs is 1. The van der Waals surface area contributed by atoms with Crippen LogP contribution in [0.1, 0.15) is 16.7 Å². The van der Waals surface area contributed by atoms with Gasteiger partial charge in [-0.3, -0.25) is 0 Å². The molecule has 1 aromatic carbocycles. The Morgan fingerprint density at radius 3 is 2.57 bits per heavy atom. The monoisotopic (exact) mass is 266 g/mol. The Bertz CT molecular complexity index is 388. The first kappa shape index (κ1) is 10.2. The van der Waals surface area contributed by atoms with Crippen molar-refractivity contribution in [1.29, 1.82) is 0 Å². The van der Waals surface area contributed by atoms with Gasteiger partial charge in [0.15, 0.2) is 0 Å². The standard InChI is InChI=1S/C12H15BrSi/c1-14(2,3)11-8-7-9-5-4-6-10(13)12(9)11/h4-8,11H,1-3H3. The summed E-state index contributed by atoms with van der Waals surface area (Å²) in [5.41, 5.74) is 3.58. The smallest absolute Gasteiger partial charge is 0.0566 e. The van der Waals surface area contributed by atoms with Gasteiger partial charge < -0.3 is 0 Å². The van der Waals surface area contributed by atoms with Gasteiger partial charge in [0.2, 0.25) is 0 Å². The van der Waals surface area contributed by atoms with Gasteiger partial charge in [-0.1, -0.05) is 59.9 Å². The van der Waals surface area contributed by atoms with Gasteiger partial charge in [0.05, 0.1) is 8.07 Å². The van der Waals surface area contributed by atoms with Crippen LogP contribution in [0.3, 0.4) is 0 Å². The van der Waals surface area contributed by atoms with Crippen LogP contribution < -0.4 is 0 Å². The number of hydrogen-bond donors (Lipinski definition) is 0. The van der Waals surface area contributed by atoms with E-state index in [2.05, 4.69) is 65.9 Å². The lowest BCUT2D eigenvalue weighted by Crippen LogP contribution is -2.28. The molecule has 1 aliphatic carbocycles. The summed E-state index contributed by atoms with van der Waals surface area (Å²) in [4.78, 5) is 0. The van der Waals surface area contributed by atoms with Crippen molar-refractivity contribution >= 4 is 30.1 Å². The molecule has 2 rings (SSSR count). The number of rotatable bonds is 1. The second kappa shape index (κ2) is 3.35. The minimum absolute atomic E-state index is 0.674. The van der Waals surface area contributed by atoms with Crippen molar-refractivity contribution in [3.63, 3.8) is 0 Å². The fraction of sp³-hybridized carbons (Fsp3) is 0.333. The van der Waals surface area contributed by atoms with Gasteiger partial charge in [-0.2, -0.15) is 0 Å². The van der Waals surface area contributed by atoms with Crippen molar-refractivity contribution in [1.82, 2.24) is 0 Å². The van der Waals surface area contributed by atoms with E-state index in [1.807, 2.05) is 0 Å². The van der Waals surface area contributed by atoms with Gasteiger partial charge in [-0.15, -0.1) is 0 Å². The summed E-state index contributed by atoms with van der Waals surface area (Å²) < 4.78 is 1.27. The van der Waals surface area contributed by atoms with Crippen LogP contribution in [0.15, 0.2) is 28.7 Å². The van der Waals surface area contributed by atoms with Crippen molar-refractivity contribution in [2.75, 3.05) is 0 Å². The Morgan fingerprint density at radius 2 is 1.93 bits per heavy atom. The molecule has 0 N–H and O–H groups in total. The van der Waals surface area contributed by atoms with E-state index in [0.717, 1.165) is 0 Å². The molecule has 0 amide bonds. The van der Waals surface area contributed by atoms with E-state index in [4.69, 9.17) is 0 Å². The minimum atomic E-state index is -1.12. The number of hydrogen-bond acceptors (Lipinski definition) is 0. The molecule has 1 aliphatic rings. The second-order valence-electron chi connectivity index (χ2n) is 4.95. The average molecular weight is 267 g/mol. The predicted octanol–water partition coefficient (Wildman–Crippen LogP) is 4.44. The zero-order valence-electron chi connectivity index (χ0n) is 8.84. The van der Waals surface area contributed by atoms with Gasteiger partial charge in [-0.25, -0.2) is 0 Å². The molecular weight excluding hydrogens is 252 g/mol. The fourth-order valence-electron chi connectivity index (χ4n) is 2.04. The van der Waals surface area contributed by atoms with E-state index >= 15 is 0 Å². The van der Waals surface area contributed by atoms with E-state index in [1.165, 1.54) is 15.6 Å². The van der Waals surface area contributed by atoms with E-state index in [-0.39, 0.29) is 0 Å². The Morgan fingerprint density at radius 1 is 1.21 bits per heavy atom. The molecular formula is C12H15BrSi. The zero-order chi connectivity index (χ0) is 10.3. The third kappa shape index (κ3) is 1.61. The highest BCUT2D eigenvalue weighted by Gasteiger charge is 2.31. The molecule has 0 bridgehead atoms. The summed E-state index contributed by atoms with van der Waals surface area (Å²) in [6.45, 7) is 7.28. The van der Waals surface area contributed by atoms with Crippen LogP contribution in [-0.4, -0.2) is 8.07 Å². The summed E-state index contributed by atoms with van der Waals surface area (Å²) in [5.74, 6) is 0. The second-order valence-corrected chi connectivity index (χ2v) is 11.2. The summed E-state index contributed by atoms with van der Waals surface area (Å²) >= 11 is 3.66. The van der Waals surface area contributed by atoms with Crippen LogP contribution in [0.5, 0.6) is 0 Å². The molecule has 0 saturated heterocycles. The molecule has 0 spiro atoms. The molecule has 14 heavy (non-hydrogen) atoms. The highest BCUT2D eigenvalue weighted by Crippen LogP contribution is 2.40. The van der Waals surface area contributed by atoms with Gasteiger partial charge in [0.25, 0.3) is 0 Å². The molecule has 0 radical (unpaired) electrons. The maximum atomic E-state index is 3.66. The van der Waals surface area contributed by atoms with Crippen LogP contribution in [0.4, 0.5) is 0 Å². The molecule has 0 fully saturated rings. The predicted molar refractivity (Wildman–Crippen MR) is 69.3 cm³/mol. The van der Waals surface area contributed by atoms with Crippen molar-refractivity contribution in [2.45, 2.75) is 25.2 Å². The average Bonchev–Trinajstić information content (AvgIpc) is 2.47. The van der Waals surface area contributed by atoms with Gasteiger partial charge in [0, 0.05) is 4.47 Å². The largest absolute Gasteiger partial charge is 0.0791 e. The maximum Gasteiger partial charge on any atom is 0.0566 e. The minimum Gasteiger partial charge on any atom is -0.0791 e. The van der Waals surface area contributed by atoms with Gasteiger partial charge in [0.1, 0.15) is 0 Å². The van der Waals surface area contributed by atoms with Crippen LogP contribution >= 0.6 is 15.9 Å². The topological polar surface area (TPSA) is 0 Å². The summed E-state index contributed by atoms with van der Waals surface area (Å²) in [6.07, 6.45) is 4.64. The zero-order valence-corrected chi connectivity index (χ0v) is 11.4. The third-order valence-electron chi connectivity index (χ3n) is 2.80. The van der Waals surface area contributed by atoms with Crippen molar-refractivity contribution < 1.29 is 0 Å². The Balaban J connectivity index is 2.53. The normalized spacial score (nSPS) is 19.9. The molecule has 0 heterocycles. The summed E-state index contributed by atoms with van der Waals surface area (Å²) in [5, 5.41) is 0. The van der Waals surface area contributed by atoms with Gasteiger partial charge in [-0.05, 0) is 22.7 Å². The van der Waals surface area contributed by atoms with E-state index < -0.39 is 8.07 Å². The summed E-state index contributed by atoms with van der Waals surface area (Å²) in [6, 6.07) is 6.47. The van der Waals surface area contributed by atoms with Crippen LogP contribution in [0.2, 0.25) is 19.6 Å². The van der Waals surface area contributed by atoms with Crippen molar-refractivity contribution in [3.8, 4) is 0 Å². The van der Waals surface area contributed by atoms with Gasteiger partial charge >= 0.3 is 0 Å².